The second-order valence-electron chi connectivity index (χ2n) is 3.31. The zero-order valence-electron chi connectivity index (χ0n) is 7.88. The minimum absolute atomic E-state index is 0.281. The Hall–Kier alpha value is -0.410. The second-order valence-corrected chi connectivity index (χ2v) is 3.31. The lowest BCUT2D eigenvalue weighted by molar-refractivity contribution is -0.121. The van der Waals surface area contributed by atoms with Gasteiger partial charge in [0.1, 0.15) is 5.78 Å². The maximum atomic E-state index is 11.1. The predicted molar refractivity (Wildman–Crippen MR) is 47.2 cm³/mol. The van der Waals surface area contributed by atoms with Crippen molar-refractivity contribution in [3.8, 4) is 0 Å². The number of carbonyl (C=O) groups excluding carboxylic acids is 1. The first kappa shape index (κ1) is 9.68. The number of hydrogen-bond acceptors (Lipinski definition) is 3. The van der Waals surface area contributed by atoms with Crippen LogP contribution in [0.1, 0.15) is 20.3 Å². The Kier molecular flexibility index (Phi) is 3.69. The van der Waals surface area contributed by atoms with Gasteiger partial charge in [0.2, 0.25) is 0 Å². The van der Waals surface area contributed by atoms with Crippen LogP contribution in [0.3, 0.4) is 0 Å². The van der Waals surface area contributed by atoms with E-state index in [-0.39, 0.29) is 6.10 Å². The van der Waals surface area contributed by atoms with E-state index in [1.165, 1.54) is 0 Å². The van der Waals surface area contributed by atoms with Crippen LogP contribution in [0.15, 0.2) is 0 Å². The first-order chi connectivity index (χ1) is 5.72. The van der Waals surface area contributed by atoms with Crippen molar-refractivity contribution in [1.29, 1.82) is 0 Å². The normalized spacial score (nSPS) is 25.7. The van der Waals surface area contributed by atoms with Crippen LogP contribution in [-0.2, 0) is 9.53 Å². The predicted octanol–water partition coefficient (Wildman–Crippen LogP) is 0.686. The third kappa shape index (κ3) is 2.91. The van der Waals surface area contributed by atoms with E-state index in [4.69, 9.17) is 4.74 Å². The van der Waals surface area contributed by atoms with Gasteiger partial charge in [-0.2, -0.15) is 0 Å². The summed E-state index contributed by atoms with van der Waals surface area (Å²) in [6.07, 6.45) is 0.926. The summed E-state index contributed by atoms with van der Waals surface area (Å²) in [5.41, 5.74) is 0. The van der Waals surface area contributed by atoms with Crippen molar-refractivity contribution in [2.75, 3.05) is 26.2 Å². The van der Waals surface area contributed by atoms with Gasteiger partial charge in [-0.15, -0.1) is 0 Å². The largest absolute Gasteiger partial charge is 0.376 e. The highest BCUT2D eigenvalue weighted by molar-refractivity contribution is 5.80. The standard InChI is InChI=1S/C9H17NO2/c1-3-9(11)7-10-4-5-12-8(2)6-10/h8H,3-7H2,1-2H3. The van der Waals surface area contributed by atoms with Crippen LogP contribution < -0.4 is 0 Å². The van der Waals surface area contributed by atoms with Crippen molar-refractivity contribution >= 4 is 5.78 Å². The summed E-state index contributed by atoms with van der Waals surface area (Å²) in [5.74, 6) is 0.323. The van der Waals surface area contributed by atoms with Crippen LogP contribution in [0, 0.1) is 0 Å². The van der Waals surface area contributed by atoms with Crippen LogP contribution in [0.2, 0.25) is 0 Å². The molecule has 12 heavy (non-hydrogen) atoms. The Morgan fingerprint density at radius 3 is 3.00 bits per heavy atom. The molecule has 0 N–H and O–H groups in total. The summed E-state index contributed by atoms with van der Waals surface area (Å²) < 4.78 is 5.37. The molecular formula is C9H17NO2. The lowest BCUT2D eigenvalue weighted by Crippen LogP contribution is -2.43. The summed E-state index contributed by atoms with van der Waals surface area (Å²) in [6.45, 7) is 7.11. The Morgan fingerprint density at radius 2 is 2.42 bits per heavy atom. The van der Waals surface area contributed by atoms with Crippen molar-refractivity contribution in [3.63, 3.8) is 0 Å². The lowest BCUT2D eigenvalue weighted by Gasteiger charge is -2.30. The fourth-order valence-electron chi connectivity index (χ4n) is 1.40. The van der Waals surface area contributed by atoms with E-state index in [0.29, 0.717) is 18.7 Å². The van der Waals surface area contributed by atoms with Crippen LogP contribution in [0.25, 0.3) is 0 Å². The minimum atomic E-state index is 0.281. The number of Topliss-reactive ketones (excluding diaryl/α,β-unsaturated/α-hetero) is 1. The van der Waals surface area contributed by atoms with Gasteiger partial charge in [-0.1, -0.05) is 6.92 Å². The molecule has 1 heterocycles. The monoisotopic (exact) mass is 171 g/mol. The molecule has 0 aromatic rings. The van der Waals surface area contributed by atoms with Gasteiger partial charge < -0.3 is 4.74 Å². The molecule has 0 spiro atoms. The fourth-order valence-corrected chi connectivity index (χ4v) is 1.40. The smallest absolute Gasteiger partial charge is 0.146 e. The highest BCUT2D eigenvalue weighted by Crippen LogP contribution is 2.03. The first-order valence-corrected chi connectivity index (χ1v) is 4.58. The zero-order chi connectivity index (χ0) is 8.97. The molecule has 70 valence electrons. The summed E-state index contributed by atoms with van der Waals surface area (Å²) in [7, 11) is 0. The van der Waals surface area contributed by atoms with Gasteiger partial charge >= 0.3 is 0 Å². The summed E-state index contributed by atoms with van der Waals surface area (Å²) >= 11 is 0. The molecule has 0 aliphatic carbocycles. The van der Waals surface area contributed by atoms with Crippen LogP contribution >= 0.6 is 0 Å². The molecule has 0 amide bonds. The Bertz CT molecular complexity index is 159. The highest BCUT2D eigenvalue weighted by atomic mass is 16.5. The molecule has 0 radical (unpaired) electrons. The molecular weight excluding hydrogens is 154 g/mol. The van der Waals surface area contributed by atoms with Gasteiger partial charge in [0.05, 0.1) is 19.3 Å². The zero-order valence-corrected chi connectivity index (χ0v) is 7.88. The van der Waals surface area contributed by atoms with E-state index in [0.717, 1.165) is 19.7 Å². The second kappa shape index (κ2) is 4.58. The maximum Gasteiger partial charge on any atom is 0.146 e. The van der Waals surface area contributed by atoms with E-state index in [9.17, 15) is 4.79 Å². The summed E-state index contributed by atoms with van der Waals surface area (Å²) in [4.78, 5) is 13.3. The van der Waals surface area contributed by atoms with Crippen molar-refractivity contribution < 1.29 is 9.53 Å². The van der Waals surface area contributed by atoms with Crippen LogP contribution in [-0.4, -0.2) is 43.0 Å². The molecule has 0 aromatic heterocycles. The highest BCUT2D eigenvalue weighted by Gasteiger charge is 2.17. The fraction of sp³-hybridized carbons (Fsp3) is 0.889. The minimum Gasteiger partial charge on any atom is -0.376 e. The third-order valence-corrected chi connectivity index (χ3v) is 2.12. The van der Waals surface area contributed by atoms with Crippen molar-refractivity contribution in [1.82, 2.24) is 4.90 Å². The number of morpholine rings is 1. The Morgan fingerprint density at radius 1 is 1.67 bits per heavy atom. The molecule has 1 unspecified atom stereocenters. The lowest BCUT2D eigenvalue weighted by atomic mass is 10.2. The average Bonchev–Trinajstić information content (AvgIpc) is 2.04. The molecule has 1 aliphatic rings. The number of ketones is 1. The number of hydrogen-bond donors (Lipinski definition) is 0. The molecule has 0 aromatic carbocycles. The summed E-state index contributed by atoms with van der Waals surface area (Å²) in [5, 5.41) is 0. The SMILES string of the molecule is CCC(=O)CN1CCOC(C)C1. The van der Waals surface area contributed by atoms with Crippen molar-refractivity contribution in [2.24, 2.45) is 0 Å². The van der Waals surface area contributed by atoms with E-state index in [2.05, 4.69) is 4.90 Å². The van der Waals surface area contributed by atoms with Crippen molar-refractivity contribution in [2.45, 2.75) is 26.4 Å². The molecule has 3 heteroatoms. The van der Waals surface area contributed by atoms with Gasteiger partial charge in [-0.25, -0.2) is 0 Å². The molecule has 1 saturated heterocycles. The molecule has 1 atom stereocenters. The van der Waals surface area contributed by atoms with Gasteiger partial charge in [0, 0.05) is 19.5 Å². The molecule has 0 saturated carbocycles. The maximum absolute atomic E-state index is 11.1. The average molecular weight is 171 g/mol. The Balaban J connectivity index is 2.27. The molecule has 1 rings (SSSR count). The van der Waals surface area contributed by atoms with Gasteiger partial charge in [-0.05, 0) is 6.92 Å². The van der Waals surface area contributed by atoms with Gasteiger partial charge in [-0.3, -0.25) is 9.69 Å². The molecule has 1 fully saturated rings. The Labute approximate surface area is 73.7 Å². The third-order valence-electron chi connectivity index (χ3n) is 2.12. The van der Waals surface area contributed by atoms with Crippen molar-refractivity contribution in [3.05, 3.63) is 0 Å². The quantitative estimate of drug-likeness (QED) is 0.625. The number of nitrogens with zero attached hydrogens (tertiary/aromatic N) is 1. The molecule has 0 bridgehead atoms. The van der Waals surface area contributed by atoms with Crippen LogP contribution in [0.4, 0.5) is 0 Å². The van der Waals surface area contributed by atoms with E-state index >= 15 is 0 Å². The number of carbonyl (C=O) groups is 1. The van der Waals surface area contributed by atoms with E-state index in [1.54, 1.807) is 0 Å². The summed E-state index contributed by atoms with van der Waals surface area (Å²) in [6, 6.07) is 0. The molecule has 1 aliphatic heterocycles. The van der Waals surface area contributed by atoms with Gasteiger partial charge in [0.15, 0.2) is 0 Å². The van der Waals surface area contributed by atoms with Crippen LogP contribution in [0.5, 0.6) is 0 Å². The van der Waals surface area contributed by atoms with E-state index < -0.39 is 0 Å². The number of rotatable bonds is 3. The first-order valence-electron chi connectivity index (χ1n) is 4.58. The topological polar surface area (TPSA) is 29.5 Å². The van der Waals surface area contributed by atoms with Gasteiger partial charge in [0.25, 0.3) is 0 Å². The molecule has 3 nitrogen and oxygen atoms in total. The number of ether oxygens (including phenoxy) is 1. The van der Waals surface area contributed by atoms with E-state index in [1.807, 2.05) is 13.8 Å².